The summed E-state index contributed by atoms with van der Waals surface area (Å²) in [4.78, 5) is 41.1. The van der Waals surface area contributed by atoms with Crippen LogP contribution in [0.25, 0.3) is 5.57 Å². The van der Waals surface area contributed by atoms with E-state index in [4.69, 9.17) is 0 Å². The van der Waals surface area contributed by atoms with Crippen LogP contribution in [0.1, 0.15) is 16.7 Å². The van der Waals surface area contributed by atoms with Gasteiger partial charge in [0.15, 0.2) is 0 Å². The lowest BCUT2D eigenvalue weighted by Gasteiger charge is -2.22. The summed E-state index contributed by atoms with van der Waals surface area (Å²) in [7, 11) is 0. The van der Waals surface area contributed by atoms with Crippen LogP contribution in [-0.4, -0.2) is 23.3 Å². The normalized spacial score (nSPS) is 15.5. The smallest absolute Gasteiger partial charge is 0.282 e. The van der Waals surface area contributed by atoms with Gasteiger partial charge in [-0.05, 0) is 54.3 Å². The third-order valence-corrected chi connectivity index (χ3v) is 5.94. The van der Waals surface area contributed by atoms with Crippen molar-refractivity contribution in [2.45, 2.75) is 13.3 Å². The molecule has 0 fully saturated rings. The molecular formula is C25H19N3O4. The summed E-state index contributed by atoms with van der Waals surface area (Å²) >= 11 is 0. The van der Waals surface area contributed by atoms with Crippen LogP contribution < -0.4 is 9.80 Å². The number of fused-ring (bicyclic) bond motifs is 1. The van der Waals surface area contributed by atoms with E-state index in [2.05, 4.69) is 0 Å². The Hall–Kier alpha value is -4.26. The minimum absolute atomic E-state index is 0.0741. The first-order valence-corrected chi connectivity index (χ1v) is 10.3. The van der Waals surface area contributed by atoms with Gasteiger partial charge in [0.1, 0.15) is 5.70 Å². The molecule has 0 unspecified atom stereocenters. The predicted molar refractivity (Wildman–Crippen MR) is 121 cm³/mol. The Morgan fingerprint density at radius 3 is 2.19 bits per heavy atom. The average molecular weight is 425 g/mol. The molecule has 0 aliphatic carbocycles. The lowest BCUT2D eigenvalue weighted by molar-refractivity contribution is -0.384. The largest absolute Gasteiger partial charge is 0.336 e. The Morgan fingerprint density at radius 2 is 1.50 bits per heavy atom. The molecule has 7 heteroatoms. The molecule has 0 atom stereocenters. The molecule has 3 aromatic rings. The molecule has 2 aliphatic heterocycles. The zero-order valence-corrected chi connectivity index (χ0v) is 17.3. The first-order chi connectivity index (χ1) is 15.5. The number of para-hydroxylation sites is 2. The molecule has 2 aliphatic rings. The minimum Gasteiger partial charge on any atom is -0.336 e. The van der Waals surface area contributed by atoms with Gasteiger partial charge >= 0.3 is 0 Å². The summed E-state index contributed by atoms with van der Waals surface area (Å²) in [5.74, 6) is -0.827. The first-order valence-electron chi connectivity index (χ1n) is 10.3. The summed E-state index contributed by atoms with van der Waals surface area (Å²) in [5.41, 5.74) is 4.30. The van der Waals surface area contributed by atoms with Crippen LogP contribution >= 0.6 is 0 Å². The fourth-order valence-corrected chi connectivity index (χ4v) is 4.38. The van der Waals surface area contributed by atoms with Crippen molar-refractivity contribution in [3.05, 3.63) is 105 Å². The van der Waals surface area contributed by atoms with Crippen molar-refractivity contribution in [1.29, 1.82) is 0 Å². The Kier molecular flexibility index (Phi) is 4.59. The van der Waals surface area contributed by atoms with Gasteiger partial charge in [0.25, 0.3) is 17.5 Å². The minimum atomic E-state index is -0.489. The summed E-state index contributed by atoms with van der Waals surface area (Å²) in [5, 5.41) is 11.1. The van der Waals surface area contributed by atoms with E-state index in [-0.39, 0.29) is 11.3 Å². The van der Waals surface area contributed by atoms with E-state index < -0.39 is 16.7 Å². The van der Waals surface area contributed by atoms with Crippen LogP contribution in [0.4, 0.5) is 17.1 Å². The average Bonchev–Trinajstić information content (AvgIpc) is 3.32. The van der Waals surface area contributed by atoms with Crippen molar-refractivity contribution in [2.24, 2.45) is 0 Å². The number of non-ortho nitro benzene ring substituents is 1. The maximum absolute atomic E-state index is 13.7. The van der Waals surface area contributed by atoms with Gasteiger partial charge in [-0.2, -0.15) is 0 Å². The number of hydrogen-bond acceptors (Lipinski definition) is 5. The van der Waals surface area contributed by atoms with E-state index in [0.29, 0.717) is 23.5 Å². The zero-order chi connectivity index (χ0) is 22.4. The highest BCUT2D eigenvalue weighted by atomic mass is 16.6. The highest BCUT2D eigenvalue weighted by Gasteiger charge is 2.44. The molecule has 0 radical (unpaired) electrons. The maximum Gasteiger partial charge on any atom is 0.282 e. The van der Waals surface area contributed by atoms with Crippen LogP contribution in [-0.2, 0) is 16.0 Å². The summed E-state index contributed by atoms with van der Waals surface area (Å²) in [6.07, 6.45) is 0.763. The lowest BCUT2D eigenvalue weighted by Crippen LogP contribution is -2.35. The Bertz CT molecular complexity index is 1310. The van der Waals surface area contributed by atoms with E-state index in [0.717, 1.165) is 23.2 Å². The topological polar surface area (TPSA) is 83.8 Å². The molecule has 32 heavy (non-hydrogen) atoms. The van der Waals surface area contributed by atoms with Crippen molar-refractivity contribution in [3.8, 4) is 0 Å². The van der Waals surface area contributed by atoms with Crippen molar-refractivity contribution >= 4 is 34.4 Å². The summed E-state index contributed by atoms with van der Waals surface area (Å²) in [6.45, 7) is 2.43. The Labute approximate surface area is 184 Å². The number of hydrogen-bond donors (Lipinski definition) is 0. The molecule has 2 heterocycles. The van der Waals surface area contributed by atoms with Gasteiger partial charge in [0, 0.05) is 24.4 Å². The molecule has 0 saturated carbocycles. The van der Waals surface area contributed by atoms with Crippen molar-refractivity contribution < 1.29 is 14.5 Å². The van der Waals surface area contributed by atoms with Gasteiger partial charge in [-0.15, -0.1) is 0 Å². The first kappa shape index (κ1) is 19.7. The van der Waals surface area contributed by atoms with Crippen LogP contribution in [0, 0.1) is 17.0 Å². The molecule has 0 aromatic heterocycles. The van der Waals surface area contributed by atoms with Crippen LogP contribution in [0.2, 0.25) is 0 Å². The number of rotatable bonds is 4. The van der Waals surface area contributed by atoms with Crippen LogP contribution in [0.5, 0.6) is 0 Å². The number of carbonyl (C=O) groups is 2. The van der Waals surface area contributed by atoms with E-state index >= 15 is 0 Å². The quantitative estimate of drug-likeness (QED) is 0.354. The Morgan fingerprint density at radius 1 is 0.844 bits per heavy atom. The molecule has 3 aromatic carbocycles. The number of anilines is 2. The fraction of sp³-hybridized carbons (Fsp3) is 0.120. The highest BCUT2D eigenvalue weighted by molar-refractivity contribution is 6.46. The van der Waals surface area contributed by atoms with Gasteiger partial charge in [0.05, 0.1) is 16.2 Å². The van der Waals surface area contributed by atoms with Crippen LogP contribution in [0.15, 0.2) is 78.5 Å². The number of carbonyl (C=O) groups excluding carboxylic acids is 2. The molecule has 5 rings (SSSR count). The zero-order valence-electron chi connectivity index (χ0n) is 17.3. The van der Waals surface area contributed by atoms with Crippen molar-refractivity contribution in [2.75, 3.05) is 16.3 Å². The van der Waals surface area contributed by atoms with E-state index in [1.165, 1.54) is 29.2 Å². The maximum atomic E-state index is 13.7. The molecular weight excluding hydrogens is 406 g/mol. The molecule has 0 N–H and O–H groups in total. The number of nitrogens with zero attached hydrogens (tertiary/aromatic N) is 3. The third-order valence-electron chi connectivity index (χ3n) is 5.94. The number of benzene rings is 3. The van der Waals surface area contributed by atoms with Gasteiger partial charge in [-0.25, -0.2) is 4.90 Å². The third kappa shape index (κ3) is 2.98. The van der Waals surface area contributed by atoms with E-state index in [1.54, 1.807) is 12.1 Å². The lowest BCUT2D eigenvalue weighted by atomic mass is 10.0. The highest BCUT2D eigenvalue weighted by Crippen LogP contribution is 2.40. The summed E-state index contributed by atoms with van der Waals surface area (Å²) < 4.78 is 0. The molecule has 7 nitrogen and oxygen atoms in total. The molecule has 158 valence electrons. The van der Waals surface area contributed by atoms with Crippen molar-refractivity contribution in [1.82, 2.24) is 0 Å². The molecule has 0 saturated heterocycles. The molecule has 0 spiro atoms. The molecule has 2 amide bonds. The fourth-order valence-electron chi connectivity index (χ4n) is 4.38. The standard InChI is InChI=1S/C25H19N3O4/c1-16-6-2-4-8-20(16)27-24(29)22(18-10-12-19(13-11-18)28(31)32)23(25(27)30)26-15-14-17-7-3-5-9-21(17)26/h2-13H,14-15H2,1H3. The second-order valence-corrected chi connectivity index (χ2v) is 7.79. The van der Waals surface area contributed by atoms with E-state index in [1.807, 2.05) is 48.2 Å². The van der Waals surface area contributed by atoms with Gasteiger partial charge in [-0.3, -0.25) is 19.7 Å². The van der Waals surface area contributed by atoms with Gasteiger partial charge in [0.2, 0.25) is 0 Å². The van der Waals surface area contributed by atoms with Crippen molar-refractivity contribution in [3.63, 3.8) is 0 Å². The second-order valence-electron chi connectivity index (χ2n) is 7.79. The summed E-state index contributed by atoms with van der Waals surface area (Å²) in [6, 6.07) is 20.8. The van der Waals surface area contributed by atoms with E-state index in [9.17, 15) is 19.7 Å². The van der Waals surface area contributed by atoms with Gasteiger partial charge < -0.3 is 4.90 Å². The molecule has 0 bridgehead atoms. The van der Waals surface area contributed by atoms with Crippen LogP contribution in [0.3, 0.4) is 0 Å². The number of imide groups is 1. The monoisotopic (exact) mass is 425 g/mol. The number of nitro benzene ring substituents is 1. The number of aryl methyl sites for hydroxylation is 1. The number of amides is 2. The Balaban J connectivity index is 1.69. The second kappa shape index (κ2) is 7.46. The van der Waals surface area contributed by atoms with Gasteiger partial charge in [-0.1, -0.05) is 36.4 Å². The SMILES string of the molecule is Cc1ccccc1N1C(=O)C(c2ccc([N+](=O)[O-])cc2)=C(N2CCc3ccccc32)C1=O. The predicted octanol–water partition coefficient (Wildman–Crippen LogP) is 4.25. The number of nitro groups is 1.